The molecule has 7 aromatic rings. The Morgan fingerprint density at radius 2 is 1.43 bits per heavy atom. The molecule has 0 saturated heterocycles. The summed E-state index contributed by atoms with van der Waals surface area (Å²) in [6, 6.07) is 29.8. The molecule has 0 fully saturated rings. The molecule has 3 heteroatoms. The van der Waals surface area contributed by atoms with Crippen molar-refractivity contribution >= 4 is 54.4 Å². The lowest BCUT2D eigenvalue weighted by molar-refractivity contribution is 0.669. The van der Waals surface area contributed by atoms with Crippen LogP contribution in [0.15, 0.2) is 89.3 Å². The summed E-state index contributed by atoms with van der Waals surface area (Å²) < 4.78 is 6.40. The van der Waals surface area contributed by atoms with Crippen LogP contribution in [0, 0.1) is 6.92 Å². The minimum absolute atomic E-state index is 0.198. The molecular weight excluding hydrogens is 428 g/mol. The summed E-state index contributed by atoms with van der Waals surface area (Å²) >= 11 is 0. The van der Waals surface area contributed by atoms with E-state index in [-0.39, 0.29) is 5.92 Å². The van der Waals surface area contributed by atoms with E-state index in [2.05, 4.69) is 93.6 Å². The van der Waals surface area contributed by atoms with E-state index in [1.54, 1.807) is 0 Å². The van der Waals surface area contributed by atoms with Gasteiger partial charge >= 0.3 is 0 Å². The van der Waals surface area contributed by atoms with Crippen molar-refractivity contribution in [2.24, 2.45) is 0 Å². The predicted molar refractivity (Wildman–Crippen MR) is 146 cm³/mol. The topological polar surface area (TPSA) is 38.9 Å². The van der Waals surface area contributed by atoms with E-state index < -0.39 is 0 Å². The minimum atomic E-state index is 0.198. The Bertz CT molecular complexity index is 1950. The molecule has 0 radical (unpaired) electrons. The Labute approximate surface area is 203 Å². The summed E-state index contributed by atoms with van der Waals surface area (Å²) in [6.45, 7) is 6.49. The molecule has 0 atom stereocenters. The highest BCUT2D eigenvalue weighted by atomic mass is 16.3. The fraction of sp³-hybridized carbons (Fsp3) is 0.125. The third-order valence-corrected chi connectivity index (χ3v) is 7.08. The van der Waals surface area contributed by atoms with Gasteiger partial charge in [-0.2, -0.15) is 0 Å². The van der Waals surface area contributed by atoms with Crippen molar-refractivity contribution in [1.29, 1.82) is 0 Å². The van der Waals surface area contributed by atoms with E-state index in [9.17, 15) is 0 Å². The summed E-state index contributed by atoms with van der Waals surface area (Å²) in [5.74, 6) is 1.05. The zero-order chi connectivity index (χ0) is 23.7. The van der Waals surface area contributed by atoms with Gasteiger partial charge in [-0.25, -0.2) is 9.97 Å². The van der Waals surface area contributed by atoms with E-state index >= 15 is 0 Å². The van der Waals surface area contributed by atoms with Crippen LogP contribution in [0.4, 0.5) is 0 Å². The van der Waals surface area contributed by atoms with Crippen molar-refractivity contribution in [1.82, 2.24) is 9.97 Å². The molecule has 0 unspecified atom stereocenters. The number of fused-ring (bicyclic) bond motifs is 8. The highest BCUT2D eigenvalue weighted by Gasteiger charge is 2.20. The van der Waals surface area contributed by atoms with Crippen molar-refractivity contribution in [2.45, 2.75) is 26.7 Å². The van der Waals surface area contributed by atoms with Crippen LogP contribution in [0.1, 0.15) is 31.2 Å². The number of furan rings is 1. The highest BCUT2D eigenvalue weighted by Crippen LogP contribution is 2.40. The van der Waals surface area contributed by atoms with Crippen LogP contribution in [0.25, 0.3) is 65.6 Å². The van der Waals surface area contributed by atoms with E-state index in [0.717, 1.165) is 49.9 Å². The Balaban J connectivity index is 1.65. The first-order chi connectivity index (χ1) is 17.1. The average molecular weight is 453 g/mol. The maximum Gasteiger partial charge on any atom is 0.144 e. The second-order valence-corrected chi connectivity index (χ2v) is 9.66. The van der Waals surface area contributed by atoms with Crippen LogP contribution < -0.4 is 0 Å². The minimum Gasteiger partial charge on any atom is -0.455 e. The maximum atomic E-state index is 6.40. The number of hydrogen-bond donors (Lipinski definition) is 0. The van der Waals surface area contributed by atoms with Crippen LogP contribution in [0.5, 0.6) is 0 Å². The molecule has 0 N–H and O–H groups in total. The SMILES string of the molecule is Cc1cc2ccccc2c2ccc3c(-c4cccc5c4oc4ccccc45)nc(C(C)C)nc3c12. The third kappa shape index (κ3) is 2.91. The lowest BCUT2D eigenvalue weighted by atomic mass is 9.94. The molecule has 168 valence electrons. The van der Waals surface area contributed by atoms with Gasteiger partial charge in [0.2, 0.25) is 0 Å². The van der Waals surface area contributed by atoms with Gasteiger partial charge in [0.1, 0.15) is 17.0 Å². The molecule has 35 heavy (non-hydrogen) atoms. The van der Waals surface area contributed by atoms with Crippen molar-refractivity contribution < 1.29 is 4.42 Å². The third-order valence-electron chi connectivity index (χ3n) is 7.08. The standard InChI is InChI=1S/C32H24N2O/c1-18(2)32-33-29(26-13-8-12-24-22-11-6-7-14-27(22)35-31(24)26)25-16-15-23-21-10-5-4-9-20(21)17-19(3)28(23)30(25)34-32/h4-18H,1-3H3. The van der Waals surface area contributed by atoms with Crippen LogP contribution in [-0.4, -0.2) is 9.97 Å². The second kappa shape index (κ2) is 7.38. The lowest BCUT2D eigenvalue weighted by Crippen LogP contribution is -2.02. The summed E-state index contributed by atoms with van der Waals surface area (Å²) in [5.41, 5.74) is 5.94. The number of aryl methyl sites for hydroxylation is 1. The molecule has 0 spiro atoms. The fourth-order valence-electron chi connectivity index (χ4n) is 5.41. The van der Waals surface area contributed by atoms with Crippen LogP contribution in [0.2, 0.25) is 0 Å². The van der Waals surface area contributed by atoms with Gasteiger partial charge in [-0.05, 0) is 46.8 Å². The van der Waals surface area contributed by atoms with E-state index in [0.29, 0.717) is 0 Å². The zero-order valence-electron chi connectivity index (χ0n) is 20.0. The van der Waals surface area contributed by atoms with E-state index in [1.807, 2.05) is 12.1 Å². The normalized spacial score (nSPS) is 12.1. The Kier molecular flexibility index (Phi) is 4.25. The Hall–Kier alpha value is -4.24. The predicted octanol–water partition coefficient (Wildman–Crippen LogP) is 8.93. The summed E-state index contributed by atoms with van der Waals surface area (Å²) in [4.78, 5) is 10.3. The molecule has 2 aromatic heterocycles. The number of aromatic nitrogens is 2. The number of nitrogens with zero attached hydrogens (tertiary/aromatic N) is 2. The monoisotopic (exact) mass is 452 g/mol. The maximum absolute atomic E-state index is 6.40. The molecule has 0 aliphatic carbocycles. The Morgan fingerprint density at radius 3 is 2.29 bits per heavy atom. The van der Waals surface area contributed by atoms with Gasteiger partial charge in [0.25, 0.3) is 0 Å². The summed E-state index contributed by atoms with van der Waals surface area (Å²) in [6.07, 6.45) is 0. The zero-order valence-corrected chi connectivity index (χ0v) is 20.0. The van der Waals surface area contributed by atoms with Crippen molar-refractivity contribution in [3.63, 3.8) is 0 Å². The van der Waals surface area contributed by atoms with Gasteiger partial charge in [0.15, 0.2) is 0 Å². The molecule has 0 saturated carbocycles. The molecule has 0 bridgehead atoms. The number of hydrogen-bond acceptors (Lipinski definition) is 3. The van der Waals surface area contributed by atoms with Crippen LogP contribution >= 0.6 is 0 Å². The summed E-state index contributed by atoms with van der Waals surface area (Å²) in [5, 5.41) is 8.22. The number of rotatable bonds is 2. The van der Waals surface area contributed by atoms with Crippen molar-refractivity contribution in [3.8, 4) is 11.3 Å². The van der Waals surface area contributed by atoms with Crippen LogP contribution in [-0.2, 0) is 0 Å². The van der Waals surface area contributed by atoms with Crippen molar-refractivity contribution in [3.05, 3.63) is 96.3 Å². The van der Waals surface area contributed by atoms with Crippen LogP contribution in [0.3, 0.4) is 0 Å². The van der Waals surface area contributed by atoms with Gasteiger partial charge in [-0.3, -0.25) is 0 Å². The van der Waals surface area contributed by atoms with Crippen molar-refractivity contribution in [2.75, 3.05) is 0 Å². The molecule has 0 amide bonds. The molecule has 5 aromatic carbocycles. The molecule has 0 aliphatic rings. The molecule has 3 nitrogen and oxygen atoms in total. The smallest absolute Gasteiger partial charge is 0.144 e. The van der Waals surface area contributed by atoms with Gasteiger partial charge in [0.05, 0.1) is 11.2 Å². The lowest BCUT2D eigenvalue weighted by Gasteiger charge is -2.15. The average Bonchev–Trinajstić information content (AvgIpc) is 3.26. The van der Waals surface area contributed by atoms with E-state index in [4.69, 9.17) is 14.4 Å². The first-order valence-electron chi connectivity index (χ1n) is 12.1. The Morgan fingerprint density at radius 1 is 0.686 bits per heavy atom. The number of benzene rings is 5. The van der Waals surface area contributed by atoms with Gasteiger partial charge in [-0.1, -0.05) is 80.6 Å². The molecular formula is C32H24N2O. The molecule has 0 aliphatic heterocycles. The summed E-state index contributed by atoms with van der Waals surface area (Å²) in [7, 11) is 0. The fourth-order valence-corrected chi connectivity index (χ4v) is 5.41. The quantitative estimate of drug-likeness (QED) is 0.246. The number of para-hydroxylation sites is 2. The molecule has 7 rings (SSSR count). The highest BCUT2D eigenvalue weighted by molar-refractivity contribution is 6.20. The largest absolute Gasteiger partial charge is 0.455 e. The van der Waals surface area contributed by atoms with Gasteiger partial charge in [0, 0.05) is 33.0 Å². The first kappa shape index (κ1) is 20.2. The van der Waals surface area contributed by atoms with Gasteiger partial charge in [-0.15, -0.1) is 0 Å². The molecule has 2 heterocycles. The van der Waals surface area contributed by atoms with E-state index in [1.165, 1.54) is 27.1 Å². The second-order valence-electron chi connectivity index (χ2n) is 9.66. The van der Waals surface area contributed by atoms with Gasteiger partial charge < -0.3 is 4.42 Å². The first-order valence-corrected chi connectivity index (χ1v) is 12.1.